The van der Waals surface area contributed by atoms with Gasteiger partial charge < -0.3 is 10.2 Å². The summed E-state index contributed by atoms with van der Waals surface area (Å²) in [6.07, 6.45) is 0.807. The van der Waals surface area contributed by atoms with E-state index in [1.54, 1.807) is 12.1 Å². The Morgan fingerprint density at radius 1 is 1.30 bits per heavy atom. The van der Waals surface area contributed by atoms with Crippen LogP contribution in [0.25, 0.3) is 0 Å². The van der Waals surface area contributed by atoms with E-state index in [-0.39, 0.29) is 30.6 Å². The molecule has 1 atom stereocenters. The molecule has 1 fully saturated rings. The predicted molar refractivity (Wildman–Crippen MR) is 112 cm³/mol. The van der Waals surface area contributed by atoms with Gasteiger partial charge in [0.15, 0.2) is 0 Å². The molecule has 4 rings (SSSR count). The van der Waals surface area contributed by atoms with Crippen molar-refractivity contribution in [2.75, 3.05) is 0 Å². The lowest BCUT2D eigenvalue weighted by Crippen LogP contribution is -2.52. The van der Waals surface area contributed by atoms with Crippen LogP contribution in [0.5, 0.6) is 0 Å². The number of benzene rings is 1. The minimum Gasteiger partial charge on any atom is -0.351 e. The van der Waals surface area contributed by atoms with Crippen molar-refractivity contribution >= 4 is 46.6 Å². The largest absolute Gasteiger partial charge is 0.351 e. The van der Waals surface area contributed by atoms with Gasteiger partial charge >= 0.3 is 0 Å². The number of amides is 4. The van der Waals surface area contributed by atoms with Crippen LogP contribution in [0.4, 0.5) is 0 Å². The van der Waals surface area contributed by atoms with Crippen molar-refractivity contribution < 1.29 is 19.2 Å². The molecule has 0 spiro atoms. The average molecular weight is 446 g/mol. The zero-order valence-electron chi connectivity index (χ0n) is 16.3. The highest BCUT2D eigenvalue weighted by molar-refractivity contribution is 7.12. The van der Waals surface area contributed by atoms with E-state index in [2.05, 4.69) is 10.6 Å². The molecule has 3 heterocycles. The zero-order valence-corrected chi connectivity index (χ0v) is 17.9. The summed E-state index contributed by atoms with van der Waals surface area (Å²) in [5, 5.41) is 5.80. The first kappa shape index (κ1) is 20.6. The van der Waals surface area contributed by atoms with E-state index in [9.17, 15) is 19.2 Å². The summed E-state index contributed by atoms with van der Waals surface area (Å²) < 4.78 is 0. The first-order chi connectivity index (χ1) is 14.3. The van der Waals surface area contributed by atoms with Crippen LogP contribution in [0.15, 0.2) is 24.3 Å². The summed E-state index contributed by atoms with van der Waals surface area (Å²) in [6, 6.07) is 6.71. The third-order valence-electron chi connectivity index (χ3n) is 5.31. The molecule has 1 aromatic heterocycles. The summed E-state index contributed by atoms with van der Waals surface area (Å²) in [5.74, 6) is -1.05. The molecule has 7 nitrogen and oxygen atoms in total. The minimum absolute atomic E-state index is 0.125. The molecule has 1 unspecified atom stereocenters. The van der Waals surface area contributed by atoms with Gasteiger partial charge in [-0.05, 0) is 36.6 Å². The number of carbonyl (C=O) groups is 4. The molecule has 0 bridgehead atoms. The van der Waals surface area contributed by atoms with Crippen LogP contribution in [0.1, 0.15) is 44.1 Å². The van der Waals surface area contributed by atoms with Crippen LogP contribution in [-0.4, -0.2) is 34.6 Å². The monoisotopic (exact) mass is 445 g/mol. The molecule has 30 heavy (non-hydrogen) atoms. The molecule has 0 saturated carbocycles. The van der Waals surface area contributed by atoms with E-state index in [4.69, 9.17) is 11.6 Å². The lowest BCUT2D eigenvalue weighted by Gasteiger charge is -2.29. The molecule has 9 heteroatoms. The smallest absolute Gasteiger partial charge is 0.256 e. The molecular weight excluding hydrogens is 426 g/mol. The van der Waals surface area contributed by atoms with Gasteiger partial charge in [0.25, 0.3) is 5.91 Å². The lowest BCUT2D eigenvalue weighted by molar-refractivity contribution is -0.137. The van der Waals surface area contributed by atoms with Crippen molar-refractivity contribution in [3.05, 3.63) is 55.7 Å². The molecule has 2 aliphatic rings. The molecule has 2 N–H and O–H groups in total. The fourth-order valence-electron chi connectivity index (χ4n) is 3.66. The van der Waals surface area contributed by atoms with Crippen LogP contribution in [0, 0.1) is 6.92 Å². The number of nitrogens with zero attached hydrogens (tertiary/aromatic N) is 1. The number of fused-ring (bicyclic) bond motifs is 1. The number of thiophene rings is 1. The highest BCUT2D eigenvalue weighted by Gasteiger charge is 2.40. The molecule has 2 aromatic rings. The second-order valence-corrected chi connectivity index (χ2v) is 9.12. The van der Waals surface area contributed by atoms with Crippen molar-refractivity contribution in [1.29, 1.82) is 0 Å². The Morgan fingerprint density at radius 3 is 2.80 bits per heavy atom. The number of imide groups is 1. The zero-order chi connectivity index (χ0) is 21.4. The van der Waals surface area contributed by atoms with Gasteiger partial charge in [-0.1, -0.05) is 23.7 Å². The van der Waals surface area contributed by atoms with E-state index in [1.807, 2.05) is 19.1 Å². The van der Waals surface area contributed by atoms with Crippen LogP contribution < -0.4 is 10.6 Å². The lowest BCUT2D eigenvalue weighted by atomic mass is 10.0. The number of hydrogen-bond acceptors (Lipinski definition) is 5. The maximum atomic E-state index is 12.7. The van der Waals surface area contributed by atoms with Gasteiger partial charge in [-0.2, -0.15) is 0 Å². The summed E-state index contributed by atoms with van der Waals surface area (Å²) in [7, 11) is 0. The molecular formula is C21H20ClN3O4S. The van der Waals surface area contributed by atoms with Gasteiger partial charge in [-0.3, -0.25) is 24.5 Å². The Balaban J connectivity index is 1.34. The number of halogens is 1. The van der Waals surface area contributed by atoms with Crippen molar-refractivity contribution in [3.8, 4) is 0 Å². The van der Waals surface area contributed by atoms with E-state index >= 15 is 0 Å². The second-order valence-electron chi connectivity index (χ2n) is 7.49. The summed E-state index contributed by atoms with van der Waals surface area (Å²) in [4.78, 5) is 51.7. The summed E-state index contributed by atoms with van der Waals surface area (Å²) in [5.41, 5.74) is 2.37. The first-order valence-corrected chi connectivity index (χ1v) is 10.8. The molecule has 4 amide bonds. The van der Waals surface area contributed by atoms with Gasteiger partial charge in [0.1, 0.15) is 6.04 Å². The summed E-state index contributed by atoms with van der Waals surface area (Å²) in [6.45, 7) is 2.59. The topological polar surface area (TPSA) is 95.6 Å². The number of piperidine rings is 1. The van der Waals surface area contributed by atoms with E-state index < -0.39 is 11.9 Å². The average Bonchev–Trinajstić information content (AvgIpc) is 3.22. The Hall–Kier alpha value is -2.71. The second kappa shape index (κ2) is 8.20. The Bertz CT molecular complexity index is 1060. The van der Waals surface area contributed by atoms with Gasteiger partial charge in [0.2, 0.25) is 17.7 Å². The van der Waals surface area contributed by atoms with Crippen LogP contribution in [0.3, 0.4) is 0 Å². The standard InChI is InChI=1S/C21H20ClN3O4S/c1-11-2-3-12(6-15(11)22)7-19(27)23-9-13-8-14-17(30-13)10-25(21(14)29)16-4-5-18(26)24-20(16)28/h2-3,6,8,16H,4-5,7,9-10H2,1H3,(H,23,27)(H,24,26,28). The third kappa shape index (κ3) is 4.11. The van der Waals surface area contributed by atoms with E-state index in [0.29, 0.717) is 30.1 Å². The highest BCUT2D eigenvalue weighted by atomic mass is 35.5. The van der Waals surface area contributed by atoms with Crippen LogP contribution in [-0.2, 0) is 33.9 Å². The molecule has 2 aliphatic heterocycles. The van der Waals surface area contributed by atoms with Crippen molar-refractivity contribution in [3.63, 3.8) is 0 Å². The van der Waals surface area contributed by atoms with Crippen molar-refractivity contribution in [2.45, 2.75) is 45.3 Å². The Morgan fingerprint density at radius 2 is 2.10 bits per heavy atom. The number of nitrogens with one attached hydrogen (secondary N) is 2. The predicted octanol–water partition coefficient (Wildman–Crippen LogP) is 2.33. The first-order valence-electron chi connectivity index (χ1n) is 9.60. The van der Waals surface area contributed by atoms with Gasteiger partial charge in [0, 0.05) is 21.2 Å². The van der Waals surface area contributed by atoms with Gasteiger partial charge in [0.05, 0.1) is 25.1 Å². The number of hydrogen-bond donors (Lipinski definition) is 2. The Labute approximate surface area is 182 Å². The normalized spacial score (nSPS) is 18.4. The maximum absolute atomic E-state index is 12.7. The van der Waals surface area contributed by atoms with E-state index in [1.165, 1.54) is 16.2 Å². The van der Waals surface area contributed by atoms with Crippen molar-refractivity contribution in [2.24, 2.45) is 0 Å². The molecule has 0 aliphatic carbocycles. The van der Waals surface area contributed by atoms with Crippen LogP contribution in [0.2, 0.25) is 5.02 Å². The fourth-order valence-corrected chi connectivity index (χ4v) is 4.96. The van der Waals surface area contributed by atoms with E-state index in [0.717, 1.165) is 20.9 Å². The van der Waals surface area contributed by atoms with Crippen LogP contribution >= 0.6 is 22.9 Å². The van der Waals surface area contributed by atoms with Gasteiger partial charge in [-0.25, -0.2) is 0 Å². The summed E-state index contributed by atoms with van der Waals surface area (Å²) >= 11 is 7.55. The molecule has 1 saturated heterocycles. The molecule has 0 radical (unpaired) electrons. The number of carbonyl (C=O) groups excluding carboxylic acids is 4. The minimum atomic E-state index is -0.612. The highest BCUT2D eigenvalue weighted by Crippen LogP contribution is 2.33. The number of rotatable bonds is 5. The Kier molecular flexibility index (Phi) is 5.62. The maximum Gasteiger partial charge on any atom is 0.256 e. The molecule has 1 aromatic carbocycles. The third-order valence-corrected chi connectivity index (χ3v) is 6.84. The van der Waals surface area contributed by atoms with Crippen molar-refractivity contribution in [1.82, 2.24) is 15.5 Å². The van der Waals surface area contributed by atoms with Gasteiger partial charge in [-0.15, -0.1) is 11.3 Å². The number of aryl methyl sites for hydroxylation is 1. The fraction of sp³-hybridized carbons (Fsp3) is 0.333. The quantitative estimate of drug-likeness (QED) is 0.690. The SMILES string of the molecule is Cc1ccc(CC(=O)NCc2cc3c(s2)CN(C2CCC(=O)NC2=O)C3=O)cc1Cl. The molecule has 156 valence electrons.